The lowest BCUT2D eigenvalue weighted by Crippen LogP contribution is -2.35. The predicted octanol–water partition coefficient (Wildman–Crippen LogP) is -0.842. The maximum Gasteiger partial charge on any atom is 0.267 e. The molecule has 0 saturated carbocycles. The van der Waals surface area contributed by atoms with E-state index >= 15 is 0 Å². The summed E-state index contributed by atoms with van der Waals surface area (Å²) in [6, 6.07) is 0. The summed E-state index contributed by atoms with van der Waals surface area (Å²) in [4.78, 5) is 33.7. The van der Waals surface area contributed by atoms with Gasteiger partial charge in [0.15, 0.2) is 29.9 Å². The summed E-state index contributed by atoms with van der Waals surface area (Å²) in [5, 5.41) is 21.0. The molecule has 4 aromatic heterocycles. The van der Waals surface area contributed by atoms with Crippen LogP contribution in [0, 0.1) is 13.8 Å². The number of anilines is 2. The number of aliphatic hydroxyl groups excluding tert-OH is 2. The molecule has 0 aromatic carbocycles. The monoisotopic (exact) mass is 593 g/mol. The second kappa shape index (κ2) is 11.4. The van der Waals surface area contributed by atoms with Crippen molar-refractivity contribution >= 4 is 42.0 Å². The SMILES string of the molecule is Cc1ncc(C[n+]2csc(CCOP(=O)([O-])OC[C@H]3O[C@@H](n4cnc5c(N)ncnc54)C(O)C3O)c2C)c(N)n1. The van der Waals surface area contributed by atoms with Crippen LogP contribution in [0.2, 0.25) is 0 Å². The van der Waals surface area contributed by atoms with Gasteiger partial charge in [0.05, 0.1) is 30.0 Å². The number of hydrogen-bond acceptors (Lipinski definition) is 15. The Morgan fingerprint density at radius 3 is 2.75 bits per heavy atom. The normalized spacial score (nSPS) is 22.6. The average Bonchev–Trinajstić information content (AvgIpc) is 3.57. The van der Waals surface area contributed by atoms with Crippen LogP contribution in [0.25, 0.3) is 11.2 Å². The van der Waals surface area contributed by atoms with E-state index in [0.29, 0.717) is 30.1 Å². The number of hydrogen-bond donors (Lipinski definition) is 4. The van der Waals surface area contributed by atoms with E-state index in [1.165, 1.54) is 28.6 Å². The summed E-state index contributed by atoms with van der Waals surface area (Å²) in [6.07, 6.45) is -0.565. The number of fused-ring (bicyclic) bond motifs is 1. The minimum absolute atomic E-state index is 0.138. The number of thiazole rings is 1. The van der Waals surface area contributed by atoms with Gasteiger partial charge in [0.25, 0.3) is 7.82 Å². The number of rotatable bonds is 10. The summed E-state index contributed by atoms with van der Waals surface area (Å²) in [5.74, 6) is 1.14. The summed E-state index contributed by atoms with van der Waals surface area (Å²) in [6.45, 7) is 3.42. The van der Waals surface area contributed by atoms with Crippen LogP contribution in [0.15, 0.2) is 24.4 Å². The lowest BCUT2D eigenvalue weighted by atomic mass is 10.1. The van der Waals surface area contributed by atoms with Crippen LogP contribution in [-0.2, 0) is 31.3 Å². The molecule has 214 valence electrons. The van der Waals surface area contributed by atoms with Crippen molar-refractivity contribution in [3.8, 4) is 0 Å². The second-order valence-electron chi connectivity index (χ2n) is 9.14. The third kappa shape index (κ3) is 5.82. The van der Waals surface area contributed by atoms with Crippen LogP contribution in [-0.4, -0.2) is 71.2 Å². The lowest BCUT2D eigenvalue weighted by molar-refractivity contribution is -0.689. The molecule has 1 aliphatic rings. The minimum atomic E-state index is -4.74. The molecule has 5 rings (SSSR count). The van der Waals surface area contributed by atoms with Crippen molar-refractivity contribution in [1.82, 2.24) is 29.5 Å². The van der Waals surface area contributed by atoms with Gasteiger partial charge in [0, 0.05) is 19.5 Å². The molecule has 3 unspecified atom stereocenters. The molecular formula is C22H28N9O7PS. The molecule has 1 aliphatic heterocycles. The van der Waals surface area contributed by atoms with Crippen LogP contribution in [0.3, 0.4) is 0 Å². The molecule has 6 N–H and O–H groups in total. The molecule has 18 heteroatoms. The van der Waals surface area contributed by atoms with E-state index in [9.17, 15) is 19.7 Å². The van der Waals surface area contributed by atoms with Gasteiger partial charge >= 0.3 is 0 Å². The third-order valence-electron chi connectivity index (χ3n) is 6.49. The van der Waals surface area contributed by atoms with E-state index < -0.39 is 39.0 Å². The second-order valence-corrected chi connectivity index (χ2v) is 11.5. The first-order valence-electron chi connectivity index (χ1n) is 12.1. The van der Waals surface area contributed by atoms with Crippen LogP contribution in [0.4, 0.5) is 11.6 Å². The molecular weight excluding hydrogens is 565 g/mol. The number of nitrogens with zero attached hydrogens (tertiary/aromatic N) is 7. The van der Waals surface area contributed by atoms with E-state index in [-0.39, 0.29) is 18.1 Å². The Bertz CT molecular complexity index is 1570. The number of aromatic nitrogens is 7. The molecule has 0 spiro atoms. The van der Waals surface area contributed by atoms with E-state index in [1.807, 2.05) is 17.0 Å². The molecule has 16 nitrogen and oxygen atoms in total. The molecule has 5 atom stereocenters. The number of imidazole rings is 1. The highest BCUT2D eigenvalue weighted by Gasteiger charge is 2.45. The maximum atomic E-state index is 12.4. The fourth-order valence-corrected chi connectivity index (χ4v) is 5.97. The Morgan fingerprint density at radius 2 is 1.98 bits per heavy atom. The number of nitrogen functional groups attached to an aromatic ring is 2. The zero-order valence-electron chi connectivity index (χ0n) is 21.5. The van der Waals surface area contributed by atoms with Crippen LogP contribution >= 0.6 is 19.2 Å². The summed E-state index contributed by atoms with van der Waals surface area (Å²) < 4.78 is 31.4. The van der Waals surface area contributed by atoms with E-state index in [2.05, 4.69) is 24.9 Å². The number of aliphatic hydroxyl groups is 2. The van der Waals surface area contributed by atoms with Gasteiger partial charge in [0.2, 0.25) is 5.51 Å². The fraction of sp³-hybridized carbons (Fsp3) is 0.455. The topological polar surface area (TPSA) is 234 Å². The standard InChI is InChI=1S/C22H28N9O7PS/c1-11-15(40-10-30(11)6-13-5-25-12(2)29-19(13)23)3-4-36-39(34,35)37-7-14-17(32)18(33)22(38-14)31-9-28-16-20(24)26-8-27-21(16)31/h5,8-10,14,17-18,22,32-33H,3-4,6-7H2,1-2H3,(H4-,23,24,25,26,27,29,34,35)/t14-,17?,18?,22-/m1/s1. The largest absolute Gasteiger partial charge is 0.756 e. The first kappa shape index (κ1) is 28.4. The van der Waals surface area contributed by atoms with Crippen molar-refractivity contribution in [3.05, 3.63) is 46.3 Å². The average molecular weight is 594 g/mol. The smallest absolute Gasteiger partial charge is 0.267 e. The fourth-order valence-electron chi connectivity index (χ4n) is 4.27. The van der Waals surface area contributed by atoms with Crippen LogP contribution in [0.1, 0.15) is 28.2 Å². The number of aryl methyl sites for hydroxylation is 1. The molecule has 0 radical (unpaired) electrons. The van der Waals surface area contributed by atoms with Crippen molar-refractivity contribution in [2.24, 2.45) is 0 Å². The maximum absolute atomic E-state index is 12.4. The zero-order chi connectivity index (χ0) is 28.6. The number of nitrogens with two attached hydrogens (primary N) is 2. The number of ether oxygens (including phenoxy) is 1. The molecule has 4 aromatic rings. The Balaban J connectivity index is 1.14. The van der Waals surface area contributed by atoms with Crippen molar-refractivity contribution in [1.29, 1.82) is 0 Å². The van der Waals surface area contributed by atoms with Gasteiger partial charge in [-0.3, -0.25) is 9.13 Å². The highest BCUT2D eigenvalue weighted by Crippen LogP contribution is 2.40. The molecule has 1 fully saturated rings. The molecule has 0 bridgehead atoms. The summed E-state index contributed by atoms with van der Waals surface area (Å²) in [5.41, 5.74) is 16.0. The first-order valence-corrected chi connectivity index (χ1v) is 14.5. The van der Waals surface area contributed by atoms with Gasteiger partial charge in [-0.2, -0.15) is 4.57 Å². The van der Waals surface area contributed by atoms with Gasteiger partial charge in [0.1, 0.15) is 41.8 Å². The highest BCUT2D eigenvalue weighted by molar-refractivity contribution is 7.45. The first-order chi connectivity index (χ1) is 19.0. The molecule has 5 heterocycles. The van der Waals surface area contributed by atoms with Crippen LogP contribution < -0.4 is 20.9 Å². The number of phosphoric acid groups is 1. The van der Waals surface area contributed by atoms with Crippen molar-refractivity contribution in [2.75, 3.05) is 24.7 Å². The number of phosphoric ester groups is 1. The quantitative estimate of drug-likeness (QED) is 0.130. The Kier molecular flexibility index (Phi) is 8.08. The van der Waals surface area contributed by atoms with Crippen molar-refractivity contribution < 1.29 is 38.0 Å². The van der Waals surface area contributed by atoms with Gasteiger partial charge in [-0.25, -0.2) is 24.9 Å². The van der Waals surface area contributed by atoms with E-state index in [0.717, 1.165) is 16.1 Å². The lowest BCUT2D eigenvalue weighted by Gasteiger charge is -2.24. The summed E-state index contributed by atoms with van der Waals surface area (Å²) in [7, 11) is -4.74. The molecule has 40 heavy (non-hydrogen) atoms. The summed E-state index contributed by atoms with van der Waals surface area (Å²) >= 11 is 1.45. The minimum Gasteiger partial charge on any atom is -0.756 e. The van der Waals surface area contributed by atoms with Crippen LogP contribution in [0.5, 0.6) is 0 Å². The molecule has 0 amide bonds. The van der Waals surface area contributed by atoms with E-state index in [1.54, 1.807) is 13.1 Å². The van der Waals surface area contributed by atoms with Crippen molar-refractivity contribution in [3.63, 3.8) is 0 Å². The van der Waals surface area contributed by atoms with Gasteiger partial charge in [-0.15, -0.1) is 0 Å². The van der Waals surface area contributed by atoms with Crippen molar-refractivity contribution in [2.45, 2.75) is 51.4 Å². The van der Waals surface area contributed by atoms with Gasteiger partial charge in [-0.1, -0.05) is 11.3 Å². The molecule has 1 saturated heterocycles. The highest BCUT2D eigenvalue weighted by atomic mass is 32.1. The Hall–Kier alpha value is -3.15. The third-order valence-corrected chi connectivity index (χ3v) is 8.60. The predicted molar refractivity (Wildman–Crippen MR) is 138 cm³/mol. The van der Waals surface area contributed by atoms with Gasteiger partial charge < -0.3 is 40.4 Å². The van der Waals surface area contributed by atoms with Gasteiger partial charge in [-0.05, 0) is 6.92 Å². The van der Waals surface area contributed by atoms with E-state index in [4.69, 9.17) is 25.3 Å². The Morgan fingerprint density at radius 1 is 1.18 bits per heavy atom. The Labute approximate surface area is 231 Å². The zero-order valence-corrected chi connectivity index (χ0v) is 23.2. The molecule has 0 aliphatic carbocycles.